The van der Waals surface area contributed by atoms with Gasteiger partial charge in [-0.2, -0.15) is 4.86 Å². The number of H-pyrrole nitrogens is 1. The van der Waals surface area contributed by atoms with Gasteiger partial charge in [-0.1, -0.05) is 44.9 Å². The van der Waals surface area contributed by atoms with Crippen LogP contribution in [0, 0.1) is 0 Å². The average molecular weight is 224 g/mol. The van der Waals surface area contributed by atoms with Crippen LogP contribution in [0.25, 0.3) is 0 Å². The van der Waals surface area contributed by atoms with Crippen LogP contribution in [-0.4, -0.2) is 9.96 Å². The third-order valence-electron chi connectivity index (χ3n) is 3.46. The van der Waals surface area contributed by atoms with Gasteiger partial charge in [-0.15, -0.1) is 0 Å². The SMILES string of the molecule is c1[nH]npc1C1CCCCCCCCC1. The second kappa shape index (κ2) is 6.27. The summed E-state index contributed by atoms with van der Waals surface area (Å²) in [5, 5.41) is 4.51. The molecule has 0 aromatic carbocycles. The van der Waals surface area contributed by atoms with Crippen LogP contribution >= 0.6 is 8.35 Å². The molecule has 0 aliphatic heterocycles. The molecule has 1 fully saturated rings. The number of aromatic amines is 1. The monoisotopic (exact) mass is 224 g/mol. The number of nitrogens with zero attached hydrogens (tertiary/aromatic N) is 1. The first kappa shape index (κ1) is 11.1. The van der Waals surface area contributed by atoms with Crippen molar-refractivity contribution in [1.82, 2.24) is 9.96 Å². The molecule has 0 spiro atoms. The van der Waals surface area contributed by atoms with Gasteiger partial charge in [0.2, 0.25) is 0 Å². The molecule has 1 heterocycles. The first-order valence-electron chi connectivity index (χ1n) is 6.33. The lowest BCUT2D eigenvalue weighted by Crippen LogP contribution is -1.98. The van der Waals surface area contributed by atoms with E-state index in [2.05, 4.69) is 16.2 Å². The summed E-state index contributed by atoms with van der Waals surface area (Å²) in [6.07, 6.45) is 15.0. The van der Waals surface area contributed by atoms with Crippen LogP contribution < -0.4 is 0 Å². The van der Waals surface area contributed by atoms with Gasteiger partial charge in [0, 0.05) is 11.5 Å². The molecular formula is C12H21N2P. The Morgan fingerprint density at radius 3 is 2.13 bits per heavy atom. The van der Waals surface area contributed by atoms with Crippen LogP contribution in [0.4, 0.5) is 0 Å². The van der Waals surface area contributed by atoms with Crippen LogP contribution in [-0.2, 0) is 0 Å². The molecule has 15 heavy (non-hydrogen) atoms. The topological polar surface area (TPSA) is 28.7 Å². The zero-order chi connectivity index (χ0) is 10.3. The van der Waals surface area contributed by atoms with Gasteiger partial charge in [-0.3, -0.25) is 5.10 Å². The van der Waals surface area contributed by atoms with Crippen molar-refractivity contribution in [3.05, 3.63) is 11.5 Å². The van der Waals surface area contributed by atoms with Crippen LogP contribution in [0.2, 0.25) is 0 Å². The minimum Gasteiger partial charge on any atom is -0.281 e. The zero-order valence-corrected chi connectivity index (χ0v) is 10.3. The van der Waals surface area contributed by atoms with Crippen molar-refractivity contribution >= 4 is 8.35 Å². The molecule has 1 aliphatic carbocycles. The molecule has 0 bridgehead atoms. The molecule has 1 aromatic rings. The maximum absolute atomic E-state index is 4.17. The molecule has 0 amide bonds. The summed E-state index contributed by atoms with van der Waals surface area (Å²) in [6, 6.07) is 0. The third-order valence-corrected chi connectivity index (χ3v) is 4.40. The van der Waals surface area contributed by atoms with Crippen molar-refractivity contribution in [3.63, 3.8) is 0 Å². The fraction of sp³-hybridized carbons (Fsp3) is 0.833. The smallest absolute Gasteiger partial charge is 0.0660 e. The number of hydrogen-bond acceptors (Lipinski definition) is 1. The number of rotatable bonds is 1. The van der Waals surface area contributed by atoms with Crippen LogP contribution in [0.1, 0.15) is 69.0 Å². The van der Waals surface area contributed by atoms with E-state index >= 15 is 0 Å². The number of nitrogens with one attached hydrogen (secondary N) is 1. The molecule has 1 aromatic heterocycles. The van der Waals surface area contributed by atoms with E-state index in [1.165, 1.54) is 71.4 Å². The Morgan fingerprint density at radius 2 is 1.60 bits per heavy atom. The van der Waals surface area contributed by atoms with Crippen molar-refractivity contribution in [3.8, 4) is 0 Å². The lowest BCUT2D eigenvalue weighted by atomic mass is 9.91. The minimum absolute atomic E-state index is 0.809. The molecule has 0 radical (unpaired) electrons. The molecule has 0 unspecified atom stereocenters. The summed E-state index contributed by atoms with van der Waals surface area (Å²) in [4.78, 5) is 4.17. The van der Waals surface area contributed by atoms with Crippen molar-refractivity contribution < 1.29 is 0 Å². The minimum atomic E-state index is 0.809. The Kier molecular flexibility index (Phi) is 4.66. The quantitative estimate of drug-likeness (QED) is 0.742. The van der Waals surface area contributed by atoms with E-state index in [1.54, 1.807) is 0 Å². The maximum Gasteiger partial charge on any atom is 0.0660 e. The molecule has 84 valence electrons. The van der Waals surface area contributed by atoms with E-state index in [1.807, 2.05) is 0 Å². The highest BCUT2D eigenvalue weighted by Crippen LogP contribution is 2.32. The zero-order valence-electron chi connectivity index (χ0n) is 9.41. The molecular weight excluding hydrogens is 203 g/mol. The largest absolute Gasteiger partial charge is 0.281 e. The summed E-state index contributed by atoms with van der Waals surface area (Å²) in [6.45, 7) is 0. The van der Waals surface area contributed by atoms with Gasteiger partial charge < -0.3 is 0 Å². The Bertz CT molecular complexity index is 249. The van der Waals surface area contributed by atoms with Gasteiger partial charge in [0.05, 0.1) is 8.35 Å². The van der Waals surface area contributed by atoms with E-state index < -0.39 is 0 Å². The fourth-order valence-corrected chi connectivity index (χ4v) is 3.28. The molecule has 0 atom stereocenters. The molecule has 2 rings (SSSR count). The Morgan fingerprint density at radius 1 is 1.00 bits per heavy atom. The van der Waals surface area contributed by atoms with Gasteiger partial charge in [0.25, 0.3) is 0 Å². The molecule has 0 saturated heterocycles. The van der Waals surface area contributed by atoms with Gasteiger partial charge >= 0.3 is 0 Å². The van der Waals surface area contributed by atoms with E-state index in [4.69, 9.17) is 0 Å². The first-order chi connectivity index (χ1) is 7.47. The molecule has 1 aliphatic rings. The summed E-state index contributed by atoms with van der Waals surface area (Å²) >= 11 is 0. The van der Waals surface area contributed by atoms with Crippen molar-refractivity contribution in [2.75, 3.05) is 0 Å². The second-order valence-corrected chi connectivity index (χ2v) is 5.56. The molecule has 2 nitrogen and oxygen atoms in total. The summed E-state index contributed by atoms with van der Waals surface area (Å²) < 4.78 is 0. The standard InChI is InChI=1S/C12H21N2P/c1-2-4-6-8-11(9-7-5-3-1)12-10-13-14-15-12/h10-11H,1-9H2,(H,13,14). The highest BCUT2D eigenvalue weighted by atomic mass is 31.0. The number of hydrogen-bond donors (Lipinski definition) is 1. The van der Waals surface area contributed by atoms with E-state index in [-0.39, 0.29) is 0 Å². The van der Waals surface area contributed by atoms with Gasteiger partial charge in [-0.25, -0.2) is 0 Å². The summed E-state index contributed by atoms with van der Waals surface area (Å²) in [5.41, 5.74) is 0. The van der Waals surface area contributed by atoms with Gasteiger partial charge in [-0.05, 0) is 18.8 Å². The molecule has 1 N–H and O–H groups in total. The normalized spacial score (nSPS) is 21.9. The molecule has 1 saturated carbocycles. The van der Waals surface area contributed by atoms with Crippen LogP contribution in [0.5, 0.6) is 0 Å². The van der Waals surface area contributed by atoms with E-state index in [0.717, 1.165) is 5.92 Å². The second-order valence-electron chi connectivity index (χ2n) is 4.65. The fourth-order valence-electron chi connectivity index (χ4n) is 2.52. The lowest BCUT2D eigenvalue weighted by molar-refractivity contribution is 0.466. The Balaban J connectivity index is 1.90. The first-order valence-corrected chi connectivity index (χ1v) is 7.18. The molecule has 3 heteroatoms. The van der Waals surface area contributed by atoms with E-state index in [9.17, 15) is 0 Å². The van der Waals surface area contributed by atoms with Crippen molar-refractivity contribution in [2.45, 2.75) is 63.7 Å². The van der Waals surface area contributed by atoms with Crippen LogP contribution in [0.3, 0.4) is 0 Å². The Labute approximate surface area is 94.0 Å². The predicted molar refractivity (Wildman–Crippen MR) is 65.4 cm³/mol. The van der Waals surface area contributed by atoms with Gasteiger partial charge in [0.1, 0.15) is 0 Å². The Hall–Kier alpha value is -0.360. The van der Waals surface area contributed by atoms with Crippen molar-refractivity contribution in [2.24, 2.45) is 0 Å². The summed E-state index contributed by atoms with van der Waals surface area (Å²) in [5.74, 6) is 0.809. The highest BCUT2D eigenvalue weighted by molar-refractivity contribution is 7.26. The maximum atomic E-state index is 4.17. The summed E-state index contributed by atoms with van der Waals surface area (Å²) in [7, 11) is 1.17. The lowest BCUT2D eigenvalue weighted by Gasteiger charge is -2.16. The predicted octanol–water partition coefficient (Wildman–Crippen LogP) is 4.60. The average Bonchev–Trinajstić information content (AvgIpc) is 2.79. The highest BCUT2D eigenvalue weighted by Gasteiger charge is 2.13. The third kappa shape index (κ3) is 3.61. The van der Waals surface area contributed by atoms with Crippen molar-refractivity contribution in [1.29, 1.82) is 0 Å². The van der Waals surface area contributed by atoms with Gasteiger partial charge in [0.15, 0.2) is 0 Å². The number of aromatic nitrogens is 2. The van der Waals surface area contributed by atoms with E-state index in [0.29, 0.717) is 0 Å². The van der Waals surface area contributed by atoms with Crippen LogP contribution in [0.15, 0.2) is 6.20 Å².